The molecule has 0 saturated heterocycles. The largest absolute Gasteiger partial charge is 0.462 e. The van der Waals surface area contributed by atoms with E-state index in [1.54, 1.807) is 14.0 Å². The highest BCUT2D eigenvalue weighted by Gasteiger charge is 2.60. The molecule has 0 heterocycles. The Labute approximate surface area is 170 Å². The van der Waals surface area contributed by atoms with Crippen LogP contribution in [0.1, 0.15) is 73.6 Å². The van der Waals surface area contributed by atoms with E-state index in [1.165, 1.54) is 6.92 Å². The van der Waals surface area contributed by atoms with Crippen LogP contribution in [0.3, 0.4) is 0 Å². The molecule has 0 spiro atoms. The lowest BCUT2D eigenvalue weighted by Gasteiger charge is -2.41. The lowest BCUT2D eigenvalue weighted by Crippen LogP contribution is -2.45. The summed E-state index contributed by atoms with van der Waals surface area (Å²) in [6.45, 7) is 12.1. The Morgan fingerprint density at radius 1 is 1.07 bits per heavy atom. The molecule has 5 heteroatoms. The Bertz CT molecular complexity index is 600. The number of carbonyl (C=O) groups excluding carboxylic acids is 1. The van der Waals surface area contributed by atoms with Crippen LogP contribution in [0.5, 0.6) is 0 Å². The summed E-state index contributed by atoms with van der Waals surface area (Å²) in [5.74, 6) is 1.04. The summed E-state index contributed by atoms with van der Waals surface area (Å²) >= 11 is 0. The lowest BCUT2D eigenvalue weighted by molar-refractivity contribution is -0.152. The fourth-order valence-corrected chi connectivity index (χ4v) is 7.25. The second-order valence-corrected chi connectivity index (χ2v) is 11.2. The molecule has 162 valence electrons. The first-order valence-corrected chi connectivity index (χ1v) is 10.9. The van der Waals surface area contributed by atoms with Gasteiger partial charge < -0.3 is 19.7 Å². The van der Waals surface area contributed by atoms with Crippen molar-refractivity contribution in [1.82, 2.24) is 0 Å². The molecule has 0 radical (unpaired) electrons. The molecule has 0 aromatic rings. The van der Waals surface area contributed by atoms with Crippen LogP contribution >= 0.6 is 0 Å². The number of rotatable bonds is 2. The normalized spacial score (nSPS) is 50.8. The van der Waals surface area contributed by atoms with E-state index in [0.29, 0.717) is 24.7 Å². The van der Waals surface area contributed by atoms with Crippen molar-refractivity contribution >= 4 is 5.97 Å². The molecular formula is C23H40O5. The van der Waals surface area contributed by atoms with Crippen molar-refractivity contribution in [3.05, 3.63) is 0 Å². The summed E-state index contributed by atoms with van der Waals surface area (Å²) in [6.07, 6.45) is 3.16. The molecule has 0 aromatic carbocycles. The van der Waals surface area contributed by atoms with Crippen LogP contribution in [0.15, 0.2) is 0 Å². The summed E-state index contributed by atoms with van der Waals surface area (Å²) in [5, 5.41) is 22.3. The predicted molar refractivity (Wildman–Crippen MR) is 108 cm³/mol. The average Bonchev–Trinajstić information content (AvgIpc) is 2.92. The molecule has 5 nitrogen and oxygen atoms in total. The Kier molecular flexibility index (Phi) is 5.70. The third-order valence-corrected chi connectivity index (χ3v) is 8.62. The van der Waals surface area contributed by atoms with Gasteiger partial charge in [0.25, 0.3) is 0 Å². The molecule has 0 bridgehead atoms. The Morgan fingerprint density at radius 2 is 1.71 bits per heavy atom. The van der Waals surface area contributed by atoms with Gasteiger partial charge in [-0.3, -0.25) is 4.79 Å². The Balaban J connectivity index is 2.01. The Hall–Kier alpha value is -0.650. The van der Waals surface area contributed by atoms with Crippen LogP contribution in [0.25, 0.3) is 0 Å². The fraction of sp³-hybridized carbons (Fsp3) is 0.957. The van der Waals surface area contributed by atoms with Crippen LogP contribution in [-0.2, 0) is 14.3 Å². The van der Waals surface area contributed by atoms with Crippen LogP contribution in [-0.4, -0.2) is 47.2 Å². The van der Waals surface area contributed by atoms with Crippen molar-refractivity contribution in [3.63, 3.8) is 0 Å². The molecule has 3 aliphatic carbocycles. The van der Waals surface area contributed by atoms with Gasteiger partial charge in [0.1, 0.15) is 6.10 Å². The van der Waals surface area contributed by atoms with Crippen LogP contribution in [0.4, 0.5) is 0 Å². The maximum atomic E-state index is 11.7. The summed E-state index contributed by atoms with van der Waals surface area (Å²) < 4.78 is 11.6. The Morgan fingerprint density at radius 3 is 2.29 bits per heavy atom. The molecule has 0 aromatic heterocycles. The first-order valence-electron chi connectivity index (χ1n) is 10.9. The third kappa shape index (κ3) is 3.63. The number of hydrogen-bond donors (Lipinski definition) is 2. The summed E-state index contributed by atoms with van der Waals surface area (Å²) in [5.41, 5.74) is -1.44. The first kappa shape index (κ1) is 22.0. The second-order valence-electron chi connectivity index (χ2n) is 11.2. The number of ether oxygens (including phenoxy) is 2. The number of aliphatic hydroxyl groups is 2. The van der Waals surface area contributed by atoms with Gasteiger partial charge in [0, 0.05) is 19.4 Å². The third-order valence-electron chi connectivity index (χ3n) is 8.62. The minimum absolute atomic E-state index is 0.0454. The topological polar surface area (TPSA) is 76.0 Å². The van der Waals surface area contributed by atoms with Gasteiger partial charge in [-0.1, -0.05) is 27.7 Å². The zero-order valence-electron chi connectivity index (χ0n) is 18.7. The highest BCUT2D eigenvalue weighted by Crippen LogP contribution is 2.62. The van der Waals surface area contributed by atoms with E-state index in [2.05, 4.69) is 27.7 Å². The van der Waals surface area contributed by atoms with Gasteiger partial charge in [-0.05, 0) is 68.1 Å². The molecule has 3 saturated carbocycles. The maximum absolute atomic E-state index is 11.7. The smallest absolute Gasteiger partial charge is 0.302 e. The average molecular weight is 397 g/mol. The van der Waals surface area contributed by atoms with Crippen molar-refractivity contribution in [2.24, 2.45) is 34.5 Å². The molecule has 0 unspecified atom stereocenters. The molecule has 0 aliphatic heterocycles. The zero-order valence-corrected chi connectivity index (χ0v) is 18.7. The van der Waals surface area contributed by atoms with Crippen LogP contribution < -0.4 is 0 Å². The van der Waals surface area contributed by atoms with Crippen LogP contribution in [0, 0.1) is 34.5 Å². The number of methoxy groups -OCH3 is 1. The minimum atomic E-state index is -1.15. The SMILES string of the molecule is CO[C@H]1[C@@H]2C[C@](C)(O)[C@H](O)C[C@@H]3C(C)(C)[C@@H](OC(C)=O)C[C@]3(C)C[C@@H]2C[C@@H]1C. The molecule has 28 heavy (non-hydrogen) atoms. The van der Waals surface area contributed by atoms with Crippen LogP contribution in [0.2, 0.25) is 0 Å². The van der Waals surface area contributed by atoms with Crippen molar-refractivity contribution in [2.45, 2.75) is 97.6 Å². The molecule has 3 aliphatic rings. The van der Waals surface area contributed by atoms with Gasteiger partial charge in [0.15, 0.2) is 0 Å². The van der Waals surface area contributed by atoms with Gasteiger partial charge in [-0.15, -0.1) is 0 Å². The summed E-state index contributed by atoms with van der Waals surface area (Å²) in [4.78, 5) is 11.7. The summed E-state index contributed by atoms with van der Waals surface area (Å²) in [7, 11) is 1.77. The van der Waals surface area contributed by atoms with E-state index < -0.39 is 11.7 Å². The zero-order chi connectivity index (χ0) is 21.1. The molecular weight excluding hydrogens is 356 g/mol. The highest BCUT2D eigenvalue weighted by molar-refractivity contribution is 5.66. The standard InChI is InChI=1S/C23H40O5/c1-13-8-15-10-22(5)12-19(28-14(2)24)21(3,4)17(22)9-18(25)23(6,26)11-16(15)20(13)27-7/h13,15-20,25-26H,8-12H2,1-7H3/t13-,15-,16+,17+,18+,19-,20+,22-,23-/m0/s1. The van der Waals surface area contributed by atoms with Gasteiger partial charge >= 0.3 is 5.97 Å². The molecule has 0 amide bonds. The van der Waals surface area contributed by atoms with Crippen molar-refractivity contribution < 1.29 is 24.5 Å². The van der Waals surface area contributed by atoms with E-state index in [9.17, 15) is 15.0 Å². The van der Waals surface area contributed by atoms with Gasteiger partial charge in [0.2, 0.25) is 0 Å². The lowest BCUT2D eigenvalue weighted by atomic mass is 9.65. The maximum Gasteiger partial charge on any atom is 0.302 e. The van der Waals surface area contributed by atoms with E-state index >= 15 is 0 Å². The van der Waals surface area contributed by atoms with E-state index in [4.69, 9.17) is 9.47 Å². The van der Waals surface area contributed by atoms with E-state index in [1.807, 2.05) is 0 Å². The molecule has 3 rings (SSSR count). The number of esters is 1. The quantitative estimate of drug-likeness (QED) is 0.698. The number of aliphatic hydroxyl groups excluding tert-OH is 1. The fourth-order valence-electron chi connectivity index (χ4n) is 7.25. The van der Waals surface area contributed by atoms with Gasteiger partial charge in [-0.25, -0.2) is 0 Å². The molecule has 2 N–H and O–H groups in total. The van der Waals surface area contributed by atoms with Gasteiger partial charge in [-0.2, -0.15) is 0 Å². The van der Waals surface area contributed by atoms with Gasteiger partial charge in [0.05, 0.1) is 17.8 Å². The number of carbonyl (C=O) groups is 1. The molecule has 9 atom stereocenters. The van der Waals surface area contributed by atoms with Crippen molar-refractivity contribution in [1.29, 1.82) is 0 Å². The van der Waals surface area contributed by atoms with E-state index in [-0.39, 0.29) is 40.8 Å². The second kappa shape index (κ2) is 7.24. The first-order chi connectivity index (χ1) is 12.8. The number of fused-ring (bicyclic) bond motifs is 2. The highest BCUT2D eigenvalue weighted by atomic mass is 16.5. The molecule has 3 fully saturated rings. The summed E-state index contributed by atoms with van der Waals surface area (Å²) in [6, 6.07) is 0. The number of hydrogen-bond acceptors (Lipinski definition) is 5. The predicted octanol–water partition coefficient (Wildman–Crippen LogP) is 3.55. The van der Waals surface area contributed by atoms with Crippen molar-refractivity contribution in [3.8, 4) is 0 Å². The minimum Gasteiger partial charge on any atom is -0.462 e. The van der Waals surface area contributed by atoms with E-state index in [0.717, 1.165) is 19.3 Å². The monoisotopic (exact) mass is 396 g/mol. The van der Waals surface area contributed by atoms with Crippen molar-refractivity contribution in [2.75, 3.05) is 7.11 Å².